The van der Waals surface area contributed by atoms with E-state index in [1.807, 2.05) is 12.3 Å². The van der Waals surface area contributed by atoms with Crippen molar-refractivity contribution in [3.63, 3.8) is 0 Å². The molecule has 0 amide bonds. The molecular formula is C20H18N2O5S. The summed E-state index contributed by atoms with van der Waals surface area (Å²) in [5.74, 6) is -1.74. The average Bonchev–Trinajstić information content (AvgIpc) is 3.15. The minimum absolute atomic E-state index is 0.130. The molecule has 0 radical (unpaired) electrons. The number of aromatic nitrogens is 2. The maximum absolute atomic E-state index is 12.2. The van der Waals surface area contributed by atoms with E-state index in [0.29, 0.717) is 16.6 Å². The van der Waals surface area contributed by atoms with Crippen LogP contribution in [0.3, 0.4) is 0 Å². The number of esters is 2. The summed E-state index contributed by atoms with van der Waals surface area (Å²) in [7, 11) is 1.19. The molecule has 2 N–H and O–H groups in total. The fourth-order valence-electron chi connectivity index (χ4n) is 2.54. The van der Waals surface area contributed by atoms with Crippen LogP contribution in [0.25, 0.3) is 16.6 Å². The molecule has 3 rings (SSSR count). The van der Waals surface area contributed by atoms with Gasteiger partial charge in [-0.05, 0) is 42.7 Å². The predicted molar refractivity (Wildman–Crippen MR) is 106 cm³/mol. The highest BCUT2D eigenvalue weighted by molar-refractivity contribution is 7.98. The summed E-state index contributed by atoms with van der Waals surface area (Å²) >= 11 is 1.55. The van der Waals surface area contributed by atoms with Crippen LogP contribution in [0, 0.1) is 0 Å². The largest absolute Gasteiger partial charge is 0.508 e. The number of H-pyrrole nitrogens is 1. The van der Waals surface area contributed by atoms with E-state index in [1.54, 1.807) is 54.2 Å². The van der Waals surface area contributed by atoms with Crippen LogP contribution in [-0.2, 0) is 14.3 Å². The number of benzene rings is 2. The summed E-state index contributed by atoms with van der Waals surface area (Å²) in [6.07, 6.45) is 1.93. The molecule has 7 nitrogen and oxygen atoms in total. The van der Waals surface area contributed by atoms with Gasteiger partial charge in [-0.1, -0.05) is 12.1 Å². The van der Waals surface area contributed by atoms with Gasteiger partial charge in [-0.2, -0.15) is 0 Å². The summed E-state index contributed by atoms with van der Waals surface area (Å²) in [5, 5.41) is 10.4. The first kappa shape index (κ1) is 19.5. The number of aliphatic hydroxyl groups is 1. The molecule has 0 saturated heterocycles. The Bertz CT molecular complexity index is 1010. The second-order valence-corrected chi connectivity index (χ2v) is 6.60. The molecule has 0 aliphatic carbocycles. The van der Waals surface area contributed by atoms with Gasteiger partial charge in [0.25, 0.3) is 0 Å². The Morgan fingerprint density at radius 3 is 2.50 bits per heavy atom. The van der Waals surface area contributed by atoms with Crippen molar-refractivity contribution < 1.29 is 24.2 Å². The molecule has 8 heteroatoms. The fraction of sp³-hybridized carbons (Fsp3) is 0.150. The van der Waals surface area contributed by atoms with E-state index in [9.17, 15) is 14.7 Å². The van der Waals surface area contributed by atoms with Gasteiger partial charge in [0.1, 0.15) is 23.8 Å². The number of rotatable bonds is 6. The number of aromatic amines is 1. The third-order valence-corrected chi connectivity index (χ3v) is 4.71. The van der Waals surface area contributed by atoms with Gasteiger partial charge in [0.05, 0.1) is 23.7 Å². The predicted octanol–water partition coefficient (Wildman–Crippen LogP) is 3.58. The van der Waals surface area contributed by atoms with Crippen molar-refractivity contribution in [3.8, 4) is 0 Å². The van der Waals surface area contributed by atoms with E-state index in [1.165, 1.54) is 7.11 Å². The summed E-state index contributed by atoms with van der Waals surface area (Å²) < 4.78 is 9.87. The zero-order valence-electron chi connectivity index (χ0n) is 15.3. The summed E-state index contributed by atoms with van der Waals surface area (Å²) in [6, 6.07) is 14.0. The zero-order valence-corrected chi connectivity index (χ0v) is 16.1. The highest BCUT2D eigenvalue weighted by Crippen LogP contribution is 2.21. The number of para-hydroxylation sites is 2. The minimum Gasteiger partial charge on any atom is -0.508 e. The Kier molecular flexibility index (Phi) is 6.00. The van der Waals surface area contributed by atoms with Gasteiger partial charge in [0.2, 0.25) is 0 Å². The second kappa shape index (κ2) is 8.62. The number of fused-ring (bicyclic) bond motifs is 1. The Labute approximate surface area is 165 Å². The summed E-state index contributed by atoms with van der Waals surface area (Å²) in [6.45, 7) is -0.495. The molecule has 144 valence electrons. The van der Waals surface area contributed by atoms with Gasteiger partial charge < -0.3 is 19.6 Å². The molecule has 0 aliphatic rings. The first-order valence-electron chi connectivity index (χ1n) is 8.30. The number of thioether (sulfide) groups is 1. The van der Waals surface area contributed by atoms with Crippen molar-refractivity contribution in [1.29, 1.82) is 0 Å². The maximum Gasteiger partial charge on any atom is 0.345 e. The van der Waals surface area contributed by atoms with Crippen LogP contribution >= 0.6 is 11.8 Å². The zero-order chi connectivity index (χ0) is 20.1. The monoisotopic (exact) mass is 398 g/mol. The topological polar surface area (TPSA) is 102 Å². The Morgan fingerprint density at radius 1 is 1.14 bits per heavy atom. The van der Waals surface area contributed by atoms with E-state index in [2.05, 4.69) is 9.97 Å². The van der Waals surface area contributed by atoms with Crippen LogP contribution in [-0.4, -0.2) is 47.0 Å². The first-order valence-corrected chi connectivity index (χ1v) is 9.52. The van der Waals surface area contributed by atoms with Crippen molar-refractivity contribution in [2.45, 2.75) is 4.90 Å². The fourth-order valence-corrected chi connectivity index (χ4v) is 2.95. The number of methoxy groups -OCH3 is 1. The maximum atomic E-state index is 12.2. The van der Waals surface area contributed by atoms with E-state index < -0.39 is 24.3 Å². The number of aliphatic hydroxyl groups excluding tert-OH is 1. The Morgan fingerprint density at radius 2 is 1.86 bits per heavy atom. The van der Waals surface area contributed by atoms with Crippen molar-refractivity contribution in [2.75, 3.05) is 20.0 Å². The highest BCUT2D eigenvalue weighted by atomic mass is 32.2. The molecule has 3 aromatic rings. The van der Waals surface area contributed by atoms with Crippen LogP contribution < -0.4 is 0 Å². The van der Waals surface area contributed by atoms with Crippen molar-refractivity contribution >= 4 is 40.3 Å². The molecule has 0 fully saturated rings. The molecule has 0 spiro atoms. The van der Waals surface area contributed by atoms with Crippen LogP contribution in [0.4, 0.5) is 0 Å². The highest BCUT2D eigenvalue weighted by Gasteiger charge is 2.23. The van der Waals surface area contributed by atoms with E-state index in [-0.39, 0.29) is 11.4 Å². The lowest BCUT2D eigenvalue weighted by atomic mass is 10.2. The first-order chi connectivity index (χ1) is 13.5. The second-order valence-electron chi connectivity index (χ2n) is 5.72. The standard InChI is InChI=1S/C20H18N2O5S/c1-26-20(25)17(18-21-14-5-3-4-6-15(14)22-18)16(23)11-27-19(24)12-7-9-13(28-2)10-8-12/h3-10,23H,11H2,1-2H3,(H,21,22)/b17-16+. The quantitative estimate of drug-likeness (QED) is 0.283. The molecular weight excluding hydrogens is 380 g/mol. The number of imidazole rings is 1. The lowest BCUT2D eigenvalue weighted by Gasteiger charge is -2.08. The molecule has 1 aromatic heterocycles. The molecule has 2 aromatic carbocycles. The van der Waals surface area contributed by atoms with Gasteiger partial charge in [-0.25, -0.2) is 14.6 Å². The lowest BCUT2D eigenvalue weighted by Crippen LogP contribution is -2.14. The number of carbonyl (C=O) groups is 2. The molecule has 0 bridgehead atoms. The number of ether oxygens (including phenoxy) is 2. The van der Waals surface area contributed by atoms with E-state index >= 15 is 0 Å². The van der Waals surface area contributed by atoms with Crippen LogP contribution in [0.5, 0.6) is 0 Å². The Hall–Kier alpha value is -3.26. The van der Waals surface area contributed by atoms with Crippen LogP contribution in [0.2, 0.25) is 0 Å². The van der Waals surface area contributed by atoms with Gasteiger partial charge in [-0.15, -0.1) is 11.8 Å². The SMILES string of the molecule is COC(=O)/C(=C(/O)COC(=O)c1ccc(SC)cc1)c1nc2ccccc2[nH]1. The smallest absolute Gasteiger partial charge is 0.345 e. The third-order valence-electron chi connectivity index (χ3n) is 3.97. The molecule has 0 saturated carbocycles. The molecule has 0 unspecified atom stereocenters. The van der Waals surface area contributed by atoms with Crippen LogP contribution in [0.1, 0.15) is 16.2 Å². The molecule has 28 heavy (non-hydrogen) atoms. The van der Waals surface area contributed by atoms with Gasteiger partial charge in [0, 0.05) is 4.90 Å². The lowest BCUT2D eigenvalue weighted by molar-refractivity contribution is -0.133. The molecule has 0 atom stereocenters. The minimum atomic E-state index is -0.795. The number of nitrogens with one attached hydrogen (secondary N) is 1. The molecule has 1 heterocycles. The van der Waals surface area contributed by atoms with Crippen LogP contribution in [0.15, 0.2) is 59.2 Å². The Balaban J connectivity index is 1.83. The van der Waals surface area contributed by atoms with Gasteiger partial charge in [0.15, 0.2) is 0 Å². The van der Waals surface area contributed by atoms with Gasteiger partial charge >= 0.3 is 11.9 Å². The number of carbonyl (C=O) groups excluding carboxylic acids is 2. The summed E-state index contributed by atoms with van der Waals surface area (Å²) in [5.41, 5.74) is 1.47. The average molecular weight is 398 g/mol. The van der Waals surface area contributed by atoms with E-state index in [4.69, 9.17) is 9.47 Å². The molecule has 0 aliphatic heterocycles. The third kappa shape index (κ3) is 4.17. The van der Waals surface area contributed by atoms with Crippen molar-refractivity contribution in [1.82, 2.24) is 9.97 Å². The number of hydrogen-bond acceptors (Lipinski definition) is 7. The van der Waals surface area contributed by atoms with Gasteiger partial charge in [-0.3, -0.25) is 0 Å². The summed E-state index contributed by atoms with van der Waals surface area (Å²) in [4.78, 5) is 32.6. The van der Waals surface area contributed by atoms with E-state index in [0.717, 1.165) is 4.90 Å². The van der Waals surface area contributed by atoms with Crippen molar-refractivity contribution in [2.24, 2.45) is 0 Å². The number of nitrogens with zero attached hydrogens (tertiary/aromatic N) is 1. The van der Waals surface area contributed by atoms with Crippen molar-refractivity contribution in [3.05, 3.63) is 65.7 Å². The normalized spacial score (nSPS) is 11.8. The number of hydrogen-bond donors (Lipinski definition) is 2.